The summed E-state index contributed by atoms with van der Waals surface area (Å²) in [6.45, 7) is 4.05. The van der Waals surface area contributed by atoms with Crippen molar-refractivity contribution in [1.29, 1.82) is 0 Å². The molecule has 0 spiro atoms. The fourth-order valence-electron chi connectivity index (χ4n) is 3.39. The Morgan fingerprint density at radius 2 is 1.83 bits per heavy atom. The van der Waals surface area contributed by atoms with Crippen LogP contribution in [0.15, 0.2) is 35.4 Å². The monoisotopic (exact) mass is 338 g/mol. The molecule has 0 radical (unpaired) electrons. The van der Waals surface area contributed by atoms with Crippen LogP contribution >= 0.6 is 11.8 Å². The van der Waals surface area contributed by atoms with E-state index in [1.54, 1.807) is 0 Å². The van der Waals surface area contributed by atoms with Crippen LogP contribution in [0.2, 0.25) is 0 Å². The highest BCUT2D eigenvalue weighted by Gasteiger charge is 2.18. The van der Waals surface area contributed by atoms with Gasteiger partial charge in [-0.25, -0.2) is 14.6 Å². The van der Waals surface area contributed by atoms with Crippen molar-refractivity contribution in [2.24, 2.45) is 0 Å². The standard InChI is InChI=1S/C19H22N4S/c1-13-12-14(2)23(22-13)19-20-17-11-7-6-10-16(17)18(21-19)24-15-8-4-3-5-9-15/h6-7,10-12,15H,3-5,8-9H2,1-2H3. The number of para-hydroxylation sites is 1. The summed E-state index contributed by atoms with van der Waals surface area (Å²) >= 11 is 1.92. The maximum absolute atomic E-state index is 4.89. The molecule has 0 N–H and O–H groups in total. The first-order valence-electron chi connectivity index (χ1n) is 8.68. The zero-order valence-corrected chi connectivity index (χ0v) is 15.0. The molecule has 1 saturated carbocycles. The van der Waals surface area contributed by atoms with E-state index in [1.165, 1.54) is 32.1 Å². The van der Waals surface area contributed by atoms with Crippen molar-refractivity contribution in [1.82, 2.24) is 19.7 Å². The molecule has 0 atom stereocenters. The maximum Gasteiger partial charge on any atom is 0.252 e. The lowest BCUT2D eigenvalue weighted by Gasteiger charge is -2.21. The largest absolute Gasteiger partial charge is 0.252 e. The van der Waals surface area contributed by atoms with Gasteiger partial charge >= 0.3 is 0 Å². The van der Waals surface area contributed by atoms with Crippen LogP contribution in [-0.4, -0.2) is 25.0 Å². The highest BCUT2D eigenvalue weighted by molar-refractivity contribution is 8.00. The molecular weight excluding hydrogens is 316 g/mol. The third-order valence-corrected chi connectivity index (χ3v) is 5.93. The Hall–Kier alpha value is -1.88. The highest BCUT2D eigenvalue weighted by Crippen LogP contribution is 2.36. The van der Waals surface area contributed by atoms with Crippen molar-refractivity contribution in [2.45, 2.75) is 56.2 Å². The number of aromatic nitrogens is 4. The molecule has 1 aliphatic rings. The van der Waals surface area contributed by atoms with Crippen molar-refractivity contribution in [2.75, 3.05) is 0 Å². The minimum atomic E-state index is 0.672. The van der Waals surface area contributed by atoms with Gasteiger partial charge in [0.1, 0.15) is 5.03 Å². The number of fused-ring (bicyclic) bond motifs is 1. The number of hydrogen-bond acceptors (Lipinski definition) is 4. The fourth-order valence-corrected chi connectivity index (χ4v) is 4.71. The second kappa shape index (κ2) is 6.55. The molecule has 1 fully saturated rings. The van der Waals surface area contributed by atoms with E-state index in [-0.39, 0.29) is 0 Å². The van der Waals surface area contributed by atoms with E-state index in [2.05, 4.69) is 29.4 Å². The molecule has 0 unspecified atom stereocenters. The summed E-state index contributed by atoms with van der Waals surface area (Å²) in [5.41, 5.74) is 3.05. The number of aryl methyl sites for hydroxylation is 2. The van der Waals surface area contributed by atoms with Crippen LogP contribution in [0.1, 0.15) is 43.5 Å². The summed E-state index contributed by atoms with van der Waals surface area (Å²) in [4.78, 5) is 9.64. The Labute approximate surface area is 146 Å². The first-order chi connectivity index (χ1) is 11.7. The predicted molar refractivity (Wildman–Crippen MR) is 98.9 cm³/mol. The van der Waals surface area contributed by atoms with Crippen LogP contribution in [0.5, 0.6) is 0 Å². The van der Waals surface area contributed by atoms with Crippen LogP contribution in [0.25, 0.3) is 16.9 Å². The number of benzene rings is 1. The summed E-state index contributed by atoms with van der Waals surface area (Å²) in [6.07, 6.45) is 6.63. The lowest BCUT2D eigenvalue weighted by molar-refractivity contribution is 0.516. The zero-order chi connectivity index (χ0) is 16.5. The molecule has 3 aromatic rings. The molecule has 24 heavy (non-hydrogen) atoms. The Bertz CT molecular complexity index is 865. The van der Waals surface area contributed by atoms with E-state index in [1.807, 2.05) is 36.4 Å². The Morgan fingerprint density at radius 3 is 2.58 bits per heavy atom. The van der Waals surface area contributed by atoms with Crippen LogP contribution in [-0.2, 0) is 0 Å². The minimum absolute atomic E-state index is 0.672. The van der Waals surface area contributed by atoms with Crippen molar-refractivity contribution >= 4 is 22.7 Å². The van der Waals surface area contributed by atoms with Gasteiger partial charge in [0.05, 0.1) is 11.2 Å². The molecule has 4 rings (SSSR count). The molecule has 1 aliphatic carbocycles. The van der Waals surface area contributed by atoms with Gasteiger partial charge in [-0.05, 0) is 38.8 Å². The molecule has 0 bridgehead atoms. The van der Waals surface area contributed by atoms with Crippen molar-refractivity contribution < 1.29 is 0 Å². The first-order valence-corrected chi connectivity index (χ1v) is 9.56. The summed E-state index contributed by atoms with van der Waals surface area (Å²) < 4.78 is 1.85. The SMILES string of the molecule is Cc1cc(C)n(-c2nc(SC3CCCCC3)c3ccccc3n2)n1. The van der Waals surface area contributed by atoms with Gasteiger partial charge in [-0.15, -0.1) is 11.8 Å². The second-order valence-corrected chi connectivity index (χ2v) is 7.85. The number of rotatable bonds is 3. The van der Waals surface area contributed by atoms with Gasteiger partial charge in [0.25, 0.3) is 5.95 Å². The van der Waals surface area contributed by atoms with Crippen LogP contribution in [0.4, 0.5) is 0 Å². The molecule has 0 amide bonds. The Balaban J connectivity index is 1.80. The Kier molecular flexibility index (Phi) is 4.27. The molecule has 1 aromatic carbocycles. The minimum Gasteiger partial charge on any atom is -0.211 e. The fraction of sp³-hybridized carbons (Fsp3) is 0.421. The first kappa shape index (κ1) is 15.6. The molecule has 4 nitrogen and oxygen atoms in total. The van der Waals surface area contributed by atoms with Crippen LogP contribution in [0.3, 0.4) is 0 Å². The second-order valence-electron chi connectivity index (χ2n) is 6.56. The lowest BCUT2D eigenvalue weighted by atomic mass is 10.0. The maximum atomic E-state index is 4.89. The van der Waals surface area contributed by atoms with Crippen LogP contribution in [0, 0.1) is 13.8 Å². The zero-order valence-electron chi connectivity index (χ0n) is 14.2. The normalized spacial score (nSPS) is 15.9. The van der Waals surface area contributed by atoms with Crippen LogP contribution < -0.4 is 0 Å². The summed E-state index contributed by atoms with van der Waals surface area (Å²) in [6, 6.07) is 10.4. The summed E-state index contributed by atoms with van der Waals surface area (Å²) in [7, 11) is 0. The quantitative estimate of drug-likeness (QED) is 0.640. The van der Waals surface area contributed by atoms with Gasteiger partial charge in [0, 0.05) is 16.3 Å². The van der Waals surface area contributed by atoms with Gasteiger partial charge in [-0.1, -0.05) is 37.5 Å². The van der Waals surface area contributed by atoms with E-state index in [0.717, 1.165) is 27.3 Å². The van der Waals surface area contributed by atoms with E-state index < -0.39 is 0 Å². The highest BCUT2D eigenvalue weighted by atomic mass is 32.2. The van der Waals surface area contributed by atoms with E-state index in [9.17, 15) is 0 Å². The molecule has 2 aromatic heterocycles. The molecule has 5 heteroatoms. The van der Waals surface area contributed by atoms with Crippen molar-refractivity contribution in [3.63, 3.8) is 0 Å². The average molecular weight is 338 g/mol. The van der Waals surface area contributed by atoms with Crippen molar-refractivity contribution in [3.05, 3.63) is 41.7 Å². The third kappa shape index (κ3) is 3.05. The Morgan fingerprint density at radius 1 is 1.04 bits per heavy atom. The summed E-state index contributed by atoms with van der Waals surface area (Å²) in [5.74, 6) is 0.678. The molecule has 2 heterocycles. The number of thioether (sulfide) groups is 1. The predicted octanol–water partition coefficient (Wildman–Crippen LogP) is 4.86. The van der Waals surface area contributed by atoms with E-state index in [0.29, 0.717) is 11.2 Å². The van der Waals surface area contributed by atoms with Gasteiger partial charge in [-0.3, -0.25) is 0 Å². The van der Waals surface area contributed by atoms with Gasteiger partial charge in [-0.2, -0.15) is 5.10 Å². The average Bonchev–Trinajstić information content (AvgIpc) is 2.94. The van der Waals surface area contributed by atoms with E-state index in [4.69, 9.17) is 9.97 Å². The summed E-state index contributed by atoms with van der Waals surface area (Å²) in [5, 5.41) is 7.47. The van der Waals surface area contributed by atoms with E-state index >= 15 is 0 Å². The van der Waals surface area contributed by atoms with Gasteiger partial charge in [0.15, 0.2) is 0 Å². The molecular formula is C19H22N4S. The number of nitrogens with zero attached hydrogens (tertiary/aromatic N) is 4. The molecule has 0 aliphatic heterocycles. The van der Waals surface area contributed by atoms with Crippen molar-refractivity contribution in [3.8, 4) is 5.95 Å². The topological polar surface area (TPSA) is 43.6 Å². The molecule has 124 valence electrons. The van der Waals surface area contributed by atoms with Gasteiger partial charge < -0.3 is 0 Å². The number of hydrogen-bond donors (Lipinski definition) is 0. The molecule has 0 saturated heterocycles. The lowest BCUT2D eigenvalue weighted by Crippen LogP contribution is -2.10. The van der Waals surface area contributed by atoms with Gasteiger partial charge in [0.2, 0.25) is 0 Å². The third-order valence-electron chi connectivity index (χ3n) is 4.59. The smallest absolute Gasteiger partial charge is 0.211 e.